The van der Waals surface area contributed by atoms with Crippen LogP contribution >= 0.6 is 8.25 Å². The van der Waals surface area contributed by atoms with Crippen molar-refractivity contribution in [2.75, 3.05) is 0 Å². The van der Waals surface area contributed by atoms with Gasteiger partial charge in [-0.3, -0.25) is 0 Å². The lowest BCUT2D eigenvalue weighted by Crippen LogP contribution is -2.34. The van der Waals surface area contributed by atoms with E-state index in [1.165, 1.54) is 13.8 Å². The Kier molecular flexibility index (Phi) is 4.75. The molecule has 0 aliphatic rings. The van der Waals surface area contributed by atoms with Crippen molar-refractivity contribution in [2.45, 2.75) is 26.1 Å². The predicted molar refractivity (Wildman–Crippen MR) is 61.2 cm³/mol. The predicted octanol–water partition coefficient (Wildman–Crippen LogP) is 2.17. The summed E-state index contributed by atoms with van der Waals surface area (Å²) in [6.07, 6.45) is 0. The maximum atomic E-state index is 11.6. The zero-order valence-electron chi connectivity index (χ0n) is 9.62. The average Bonchev–Trinajstić information content (AvgIpc) is 2.25. The van der Waals surface area contributed by atoms with Crippen LogP contribution in [0, 0.1) is 0 Å². The Morgan fingerprint density at radius 2 is 1.94 bits per heavy atom. The van der Waals surface area contributed by atoms with Gasteiger partial charge in [0.1, 0.15) is 6.61 Å². The molecule has 0 spiro atoms. The number of hydrogen-bond acceptors (Lipinski definition) is 4. The number of carbonyl (C=O) groups is 1. The molecule has 1 unspecified atom stereocenters. The van der Waals surface area contributed by atoms with Crippen LogP contribution in [-0.4, -0.2) is 16.5 Å². The van der Waals surface area contributed by atoms with E-state index in [-0.39, 0.29) is 6.61 Å². The van der Waals surface area contributed by atoms with Crippen LogP contribution in [0.2, 0.25) is 0 Å². The van der Waals surface area contributed by atoms with Crippen LogP contribution in [-0.2, 0) is 25.2 Å². The minimum atomic E-state index is -2.84. The Balaban J connectivity index is 2.52. The number of rotatable bonds is 5. The molecule has 1 aromatic carbocycles. The molecule has 0 aliphatic carbocycles. The van der Waals surface area contributed by atoms with Gasteiger partial charge in [0.05, 0.1) is 0 Å². The van der Waals surface area contributed by atoms with Gasteiger partial charge in [-0.25, -0.2) is 4.79 Å². The smallest absolute Gasteiger partial charge is 0.459 e. The molecule has 0 bridgehead atoms. The van der Waals surface area contributed by atoms with Crippen molar-refractivity contribution >= 4 is 14.2 Å². The topological polar surface area (TPSA) is 72.8 Å². The first-order valence-electron chi connectivity index (χ1n) is 4.98. The number of carbonyl (C=O) groups excluding carboxylic acids is 1. The quantitative estimate of drug-likeness (QED) is 0.646. The summed E-state index contributed by atoms with van der Waals surface area (Å²) in [5, 5.41) is 0. The van der Waals surface area contributed by atoms with Crippen molar-refractivity contribution in [3.63, 3.8) is 0 Å². The first-order chi connectivity index (χ1) is 7.92. The van der Waals surface area contributed by atoms with Gasteiger partial charge in [0.15, 0.2) is 0 Å². The number of ether oxygens (including phenoxy) is 1. The number of esters is 1. The first-order valence-corrected chi connectivity index (χ1v) is 6.11. The van der Waals surface area contributed by atoms with E-state index >= 15 is 0 Å². The van der Waals surface area contributed by atoms with Crippen LogP contribution in [0.15, 0.2) is 30.3 Å². The molecule has 0 radical (unpaired) electrons. The third-order valence-electron chi connectivity index (χ3n) is 2.01. The third kappa shape index (κ3) is 4.61. The average molecular weight is 257 g/mol. The summed E-state index contributed by atoms with van der Waals surface area (Å²) < 4.78 is 20.1. The van der Waals surface area contributed by atoms with E-state index < -0.39 is 19.8 Å². The molecule has 0 aromatic heterocycles. The zero-order chi connectivity index (χ0) is 12.9. The van der Waals surface area contributed by atoms with Gasteiger partial charge in [-0.2, -0.15) is 0 Å². The van der Waals surface area contributed by atoms with Crippen molar-refractivity contribution in [1.29, 1.82) is 0 Å². The molecule has 92 valence electrons. The van der Waals surface area contributed by atoms with Gasteiger partial charge >= 0.3 is 14.2 Å². The van der Waals surface area contributed by atoms with E-state index in [1.54, 1.807) is 0 Å². The molecule has 1 aromatic rings. The lowest BCUT2D eigenvalue weighted by atomic mass is 10.1. The number of hydrogen-bond donors (Lipinski definition) is 1. The van der Waals surface area contributed by atoms with Crippen LogP contribution in [0.1, 0.15) is 19.4 Å². The van der Waals surface area contributed by atoms with Crippen molar-refractivity contribution in [2.24, 2.45) is 0 Å². The van der Waals surface area contributed by atoms with Gasteiger partial charge in [-0.05, 0) is 19.4 Å². The van der Waals surface area contributed by atoms with E-state index in [1.807, 2.05) is 30.3 Å². The summed E-state index contributed by atoms with van der Waals surface area (Å²) in [6, 6.07) is 9.14. The fourth-order valence-corrected chi connectivity index (χ4v) is 1.59. The maximum absolute atomic E-state index is 11.6. The highest BCUT2D eigenvalue weighted by atomic mass is 31.1. The molecule has 1 N–H and O–H groups in total. The second-order valence-electron chi connectivity index (χ2n) is 3.90. The van der Waals surface area contributed by atoms with Crippen LogP contribution in [0.25, 0.3) is 0 Å². The Hall–Kier alpha value is -1.29. The summed E-state index contributed by atoms with van der Waals surface area (Å²) >= 11 is 0. The fourth-order valence-electron chi connectivity index (χ4n) is 1.13. The highest BCUT2D eigenvalue weighted by molar-refractivity contribution is 7.32. The first kappa shape index (κ1) is 13.8. The molecular formula is C11H14O5P+. The molecule has 17 heavy (non-hydrogen) atoms. The largest absolute Gasteiger partial charge is 0.695 e. The van der Waals surface area contributed by atoms with E-state index in [2.05, 4.69) is 4.52 Å². The minimum absolute atomic E-state index is 0.106. The van der Waals surface area contributed by atoms with Crippen molar-refractivity contribution in [3.05, 3.63) is 35.9 Å². The van der Waals surface area contributed by atoms with Crippen molar-refractivity contribution in [3.8, 4) is 0 Å². The van der Waals surface area contributed by atoms with E-state index in [4.69, 9.17) is 9.63 Å². The lowest BCUT2D eigenvalue weighted by Gasteiger charge is -2.15. The Labute approximate surface area is 100 Å². The Morgan fingerprint density at radius 1 is 1.35 bits per heavy atom. The second-order valence-corrected chi connectivity index (χ2v) is 4.56. The van der Waals surface area contributed by atoms with Crippen LogP contribution in [0.3, 0.4) is 0 Å². The van der Waals surface area contributed by atoms with Gasteiger partial charge in [0.25, 0.3) is 0 Å². The molecule has 0 saturated heterocycles. The maximum Gasteiger partial charge on any atom is 0.695 e. The normalized spacial score (nSPS) is 12.1. The van der Waals surface area contributed by atoms with Crippen molar-refractivity contribution in [1.82, 2.24) is 0 Å². The van der Waals surface area contributed by atoms with Crippen LogP contribution < -0.4 is 0 Å². The molecule has 5 nitrogen and oxygen atoms in total. The zero-order valence-corrected chi connectivity index (χ0v) is 10.5. The molecule has 0 aliphatic heterocycles. The second kappa shape index (κ2) is 5.87. The molecule has 1 atom stereocenters. The summed E-state index contributed by atoms with van der Waals surface area (Å²) in [6.45, 7) is 2.86. The third-order valence-corrected chi connectivity index (χ3v) is 2.62. The minimum Gasteiger partial charge on any atom is -0.459 e. The van der Waals surface area contributed by atoms with E-state index in [9.17, 15) is 9.36 Å². The van der Waals surface area contributed by atoms with Gasteiger partial charge in [0, 0.05) is 4.57 Å². The molecule has 0 saturated carbocycles. The summed E-state index contributed by atoms with van der Waals surface area (Å²) in [5.41, 5.74) is -0.596. The van der Waals surface area contributed by atoms with Crippen LogP contribution in [0.4, 0.5) is 0 Å². The Bertz CT molecular complexity index is 402. The highest BCUT2D eigenvalue weighted by Gasteiger charge is 2.40. The molecular weight excluding hydrogens is 243 g/mol. The van der Waals surface area contributed by atoms with Gasteiger partial charge < -0.3 is 4.74 Å². The van der Waals surface area contributed by atoms with E-state index in [0.717, 1.165) is 5.56 Å². The van der Waals surface area contributed by atoms with E-state index in [0.29, 0.717) is 0 Å². The standard InChI is InChI=1S/C11H13O5P/c1-11(2,16-17(13)14)10(12)15-8-9-6-4-3-5-7-9/h3-7H,8H2,1-2H3/p+1. The molecule has 0 fully saturated rings. The monoisotopic (exact) mass is 257 g/mol. The van der Waals surface area contributed by atoms with Gasteiger partial charge in [0.2, 0.25) is 5.60 Å². The lowest BCUT2D eigenvalue weighted by molar-refractivity contribution is -0.160. The summed E-state index contributed by atoms with van der Waals surface area (Å²) in [5.74, 6) is -0.682. The molecule has 1 rings (SSSR count). The van der Waals surface area contributed by atoms with Crippen LogP contribution in [0.5, 0.6) is 0 Å². The SMILES string of the molecule is CC(C)(O[P+](=O)O)C(=O)OCc1ccccc1. The Morgan fingerprint density at radius 3 is 2.47 bits per heavy atom. The molecule has 6 heteroatoms. The fraction of sp³-hybridized carbons (Fsp3) is 0.364. The number of benzene rings is 1. The molecule has 0 amide bonds. The molecule has 0 heterocycles. The van der Waals surface area contributed by atoms with Gasteiger partial charge in [-0.1, -0.05) is 30.3 Å². The van der Waals surface area contributed by atoms with Crippen molar-refractivity contribution < 1.29 is 23.5 Å². The van der Waals surface area contributed by atoms with Gasteiger partial charge in [-0.15, -0.1) is 9.42 Å². The highest BCUT2D eigenvalue weighted by Crippen LogP contribution is 2.26. The summed E-state index contributed by atoms with van der Waals surface area (Å²) in [7, 11) is -2.84. The summed E-state index contributed by atoms with van der Waals surface area (Å²) in [4.78, 5) is 20.2.